The Morgan fingerprint density at radius 1 is 1.24 bits per heavy atom. The van der Waals surface area contributed by atoms with Crippen molar-refractivity contribution >= 4 is 20.3 Å². The number of hydrogen-bond acceptors (Lipinski definition) is 5. The lowest BCUT2D eigenvalue weighted by Crippen LogP contribution is -2.39. The summed E-state index contributed by atoms with van der Waals surface area (Å²) in [4.78, 5) is 24.2. The van der Waals surface area contributed by atoms with E-state index >= 15 is 0 Å². The van der Waals surface area contributed by atoms with E-state index in [2.05, 4.69) is 19.7 Å². The van der Waals surface area contributed by atoms with Crippen molar-refractivity contribution in [1.82, 2.24) is 0 Å². The zero-order chi connectivity index (χ0) is 16.3. The van der Waals surface area contributed by atoms with Gasteiger partial charge >= 0.3 is 11.9 Å². The molecule has 6 heteroatoms. The minimum absolute atomic E-state index is 0.231. The summed E-state index contributed by atoms with van der Waals surface area (Å²) in [6.07, 6.45) is 0.490. The Balaban J connectivity index is 3.16. The molecule has 0 amide bonds. The Bertz CT molecular complexity index is 462. The van der Waals surface area contributed by atoms with Gasteiger partial charge in [0.25, 0.3) is 0 Å². The molecular weight excluding hydrogens is 288 g/mol. The van der Waals surface area contributed by atoms with Crippen molar-refractivity contribution in [3.8, 4) is 0 Å². The summed E-state index contributed by atoms with van der Waals surface area (Å²) in [5, 5.41) is 0. The van der Waals surface area contributed by atoms with Gasteiger partial charge in [-0.2, -0.15) is 0 Å². The zero-order valence-electron chi connectivity index (χ0n) is 13.4. The second-order valence-corrected chi connectivity index (χ2v) is 9.51. The van der Waals surface area contributed by atoms with Gasteiger partial charge in [0, 0.05) is 6.61 Å². The molecule has 0 saturated heterocycles. The first-order valence-corrected chi connectivity index (χ1v) is 9.91. The van der Waals surface area contributed by atoms with Crippen LogP contribution in [0, 0.1) is 5.41 Å². The molecule has 1 rings (SSSR count). The molecular formula is C15H24O5Si. The first-order valence-electron chi connectivity index (χ1n) is 6.93. The number of carbonyl (C=O) groups excluding carboxylic acids is 2. The number of rotatable bonds is 5. The monoisotopic (exact) mass is 312 g/mol. The average Bonchev–Trinajstić information content (AvgIpc) is 2.74. The minimum atomic E-state index is -1.99. The Morgan fingerprint density at radius 3 is 2.19 bits per heavy atom. The molecule has 1 saturated carbocycles. The highest BCUT2D eigenvalue weighted by atomic mass is 28.4. The molecule has 0 atom stereocenters. The molecule has 0 aromatic rings. The summed E-state index contributed by atoms with van der Waals surface area (Å²) >= 11 is 0. The average molecular weight is 312 g/mol. The number of carbonyl (C=O) groups is 2. The van der Waals surface area contributed by atoms with Gasteiger partial charge in [-0.15, -0.1) is 0 Å². The third-order valence-electron chi connectivity index (χ3n) is 3.65. The lowest BCUT2D eigenvalue weighted by Gasteiger charge is -2.22. The molecule has 0 aromatic heterocycles. The Kier molecular flexibility index (Phi) is 5.52. The molecule has 0 radical (unpaired) electrons. The SMILES string of the molecule is C=C1CC(C(=O)OC)(C(=O)OC)C/C1=C/[Si](C)(C)OCC. The number of esters is 2. The van der Waals surface area contributed by atoms with Gasteiger partial charge in [-0.25, -0.2) is 0 Å². The van der Waals surface area contributed by atoms with E-state index in [4.69, 9.17) is 13.9 Å². The topological polar surface area (TPSA) is 61.8 Å². The van der Waals surface area contributed by atoms with Crippen LogP contribution in [-0.2, 0) is 23.5 Å². The van der Waals surface area contributed by atoms with Crippen LogP contribution in [0.3, 0.4) is 0 Å². The van der Waals surface area contributed by atoms with Crippen LogP contribution in [0.2, 0.25) is 13.1 Å². The van der Waals surface area contributed by atoms with Gasteiger partial charge in [-0.1, -0.05) is 17.9 Å². The van der Waals surface area contributed by atoms with E-state index in [1.165, 1.54) is 14.2 Å². The van der Waals surface area contributed by atoms with Gasteiger partial charge in [0.2, 0.25) is 8.32 Å². The van der Waals surface area contributed by atoms with E-state index in [1.807, 2.05) is 12.6 Å². The minimum Gasteiger partial charge on any atom is -0.468 e. The van der Waals surface area contributed by atoms with Gasteiger partial charge in [-0.05, 0) is 38.4 Å². The summed E-state index contributed by atoms with van der Waals surface area (Å²) in [5.74, 6) is -1.15. The maximum Gasteiger partial charge on any atom is 0.323 e. The van der Waals surface area contributed by atoms with Crippen molar-refractivity contribution in [3.05, 3.63) is 23.4 Å². The van der Waals surface area contributed by atoms with Gasteiger partial charge in [0.05, 0.1) is 14.2 Å². The van der Waals surface area contributed by atoms with Crippen molar-refractivity contribution in [2.75, 3.05) is 20.8 Å². The van der Waals surface area contributed by atoms with Gasteiger partial charge in [-0.3, -0.25) is 9.59 Å². The second-order valence-electron chi connectivity index (χ2n) is 5.73. The molecule has 0 aromatic carbocycles. The molecule has 0 bridgehead atoms. The molecule has 0 N–H and O–H groups in total. The molecule has 0 heterocycles. The fourth-order valence-corrected chi connectivity index (χ4v) is 4.71. The smallest absolute Gasteiger partial charge is 0.323 e. The molecule has 1 aliphatic rings. The summed E-state index contributed by atoms with van der Waals surface area (Å²) in [6, 6.07) is 0. The number of allylic oxidation sites excluding steroid dienone is 2. The Morgan fingerprint density at radius 2 is 1.76 bits per heavy atom. The van der Waals surface area contributed by atoms with E-state index in [-0.39, 0.29) is 12.8 Å². The maximum atomic E-state index is 12.1. The van der Waals surface area contributed by atoms with Crippen molar-refractivity contribution in [1.29, 1.82) is 0 Å². The van der Waals surface area contributed by atoms with Crippen molar-refractivity contribution in [2.45, 2.75) is 32.9 Å². The van der Waals surface area contributed by atoms with Gasteiger partial charge in [0.1, 0.15) is 0 Å². The highest BCUT2D eigenvalue weighted by Crippen LogP contribution is 2.46. The predicted molar refractivity (Wildman–Crippen MR) is 82.0 cm³/mol. The molecule has 118 valence electrons. The fourth-order valence-electron chi connectivity index (χ4n) is 2.74. The first-order chi connectivity index (χ1) is 9.72. The second kappa shape index (κ2) is 6.57. The number of hydrogen-bond donors (Lipinski definition) is 0. The molecule has 1 aliphatic carbocycles. The number of ether oxygens (including phenoxy) is 2. The quantitative estimate of drug-likeness (QED) is 0.443. The fraction of sp³-hybridized carbons (Fsp3) is 0.600. The van der Waals surface area contributed by atoms with E-state index in [9.17, 15) is 9.59 Å². The van der Waals surface area contributed by atoms with Crippen molar-refractivity contribution in [3.63, 3.8) is 0 Å². The molecule has 21 heavy (non-hydrogen) atoms. The highest BCUT2D eigenvalue weighted by Gasteiger charge is 2.53. The van der Waals surface area contributed by atoms with Crippen LogP contribution in [0.1, 0.15) is 19.8 Å². The normalized spacial score (nSPS) is 19.7. The molecule has 0 aliphatic heterocycles. The zero-order valence-corrected chi connectivity index (χ0v) is 14.4. The van der Waals surface area contributed by atoms with Crippen LogP contribution in [0.5, 0.6) is 0 Å². The van der Waals surface area contributed by atoms with Crippen molar-refractivity contribution < 1.29 is 23.5 Å². The maximum absolute atomic E-state index is 12.1. The third-order valence-corrected chi connectivity index (χ3v) is 5.73. The largest absolute Gasteiger partial charge is 0.468 e. The molecule has 0 spiro atoms. The number of methoxy groups -OCH3 is 2. The van der Waals surface area contributed by atoms with Crippen LogP contribution in [-0.4, -0.2) is 41.1 Å². The van der Waals surface area contributed by atoms with E-state index in [0.717, 1.165) is 11.1 Å². The van der Waals surface area contributed by atoms with Gasteiger partial charge < -0.3 is 13.9 Å². The van der Waals surface area contributed by atoms with E-state index < -0.39 is 25.7 Å². The van der Waals surface area contributed by atoms with E-state index in [1.54, 1.807) is 0 Å². The summed E-state index contributed by atoms with van der Waals surface area (Å²) in [5.41, 5.74) is 2.41. The third kappa shape index (κ3) is 3.62. The van der Waals surface area contributed by atoms with Gasteiger partial charge in [0.15, 0.2) is 5.41 Å². The van der Waals surface area contributed by atoms with E-state index in [0.29, 0.717) is 6.61 Å². The lowest BCUT2D eigenvalue weighted by molar-refractivity contribution is -0.168. The summed E-state index contributed by atoms with van der Waals surface area (Å²) < 4.78 is 15.4. The highest BCUT2D eigenvalue weighted by molar-refractivity contribution is 6.76. The van der Waals surface area contributed by atoms with Crippen LogP contribution < -0.4 is 0 Å². The molecule has 1 fully saturated rings. The summed E-state index contributed by atoms with van der Waals surface area (Å²) in [6.45, 7) is 10.7. The Labute approximate surface area is 127 Å². The lowest BCUT2D eigenvalue weighted by atomic mass is 9.86. The first kappa shape index (κ1) is 17.6. The van der Waals surface area contributed by atoms with Crippen LogP contribution in [0.15, 0.2) is 23.4 Å². The molecule has 5 nitrogen and oxygen atoms in total. The standard InChI is InChI=1S/C15H24O5Si/c1-7-20-21(5,6)10-12-9-15(8-11(12)2,13(16)18-3)14(17)19-4/h10H,2,7-9H2,1,3-6H3/b12-10-. The predicted octanol–water partition coefficient (Wildman–Crippen LogP) is 2.38. The van der Waals surface area contributed by atoms with Crippen LogP contribution in [0.4, 0.5) is 0 Å². The van der Waals surface area contributed by atoms with Crippen LogP contribution in [0.25, 0.3) is 0 Å². The van der Waals surface area contributed by atoms with Crippen LogP contribution >= 0.6 is 0 Å². The Hall–Kier alpha value is -1.40. The molecule has 0 unspecified atom stereocenters. The summed E-state index contributed by atoms with van der Waals surface area (Å²) in [7, 11) is 0.559. The van der Waals surface area contributed by atoms with Crippen molar-refractivity contribution in [2.24, 2.45) is 5.41 Å².